The maximum Gasteiger partial charge on any atom is 0.573 e. The van der Waals surface area contributed by atoms with E-state index < -0.39 is 54.6 Å². The number of ether oxygens (including phenoxy) is 4. The van der Waals surface area contributed by atoms with E-state index in [1.807, 2.05) is 18.4 Å². The van der Waals surface area contributed by atoms with Crippen molar-refractivity contribution in [2.45, 2.75) is 45.8 Å². The number of aryl methyl sites for hydroxylation is 2. The molecule has 49 heavy (non-hydrogen) atoms. The highest BCUT2D eigenvalue weighted by molar-refractivity contribution is 7.15. The van der Waals surface area contributed by atoms with Crippen LogP contribution in [0.3, 0.4) is 0 Å². The molecule has 0 fully saturated rings. The van der Waals surface area contributed by atoms with Crippen molar-refractivity contribution in [3.05, 3.63) is 75.7 Å². The first-order valence-corrected chi connectivity index (χ1v) is 14.9. The Kier molecular flexibility index (Phi) is 9.54. The Morgan fingerprint density at radius 3 is 2.22 bits per heavy atom. The number of rotatable bonds is 8. The monoisotopic (exact) mass is 710 g/mol. The molecule has 4 aromatic rings. The highest BCUT2D eigenvalue weighted by atomic mass is 32.1. The van der Waals surface area contributed by atoms with Gasteiger partial charge >= 0.3 is 30.4 Å². The number of carbonyl (C=O) groups excluding carboxylic acids is 3. The van der Waals surface area contributed by atoms with Gasteiger partial charge in [-0.25, -0.2) is 9.59 Å². The molecular formula is C31H24F6N4O7S. The van der Waals surface area contributed by atoms with Crippen molar-refractivity contribution in [1.82, 2.24) is 14.8 Å². The van der Waals surface area contributed by atoms with Crippen LogP contribution in [-0.2, 0) is 23.9 Å². The van der Waals surface area contributed by atoms with E-state index in [4.69, 9.17) is 14.5 Å². The van der Waals surface area contributed by atoms with Gasteiger partial charge in [-0.05, 0) is 44.0 Å². The number of halogens is 6. The zero-order chi connectivity index (χ0) is 35.8. The molecule has 0 saturated carbocycles. The Labute approximate surface area is 277 Å². The molecule has 0 radical (unpaired) electrons. The second-order valence-electron chi connectivity index (χ2n) is 10.5. The Morgan fingerprint density at radius 2 is 1.59 bits per heavy atom. The Balaban J connectivity index is 1.50. The topological polar surface area (TPSA) is 131 Å². The quantitative estimate of drug-likeness (QED) is 0.118. The summed E-state index contributed by atoms with van der Waals surface area (Å²) in [5.74, 6) is -5.13. The minimum atomic E-state index is -5.43. The van der Waals surface area contributed by atoms with Gasteiger partial charge in [-0.2, -0.15) is 13.2 Å². The van der Waals surface area contributed by atoms with Crippen molar-refractivity contribution in [2.75, 3.05) is 13.7 Å². The molecule has 0 saturated heterocycles. The zero-order valence-electron chi connectivity index (χ0n) is 25.9. The van der Waals surface area contributed by atoms with Crippen LogP contribution in [0.25, 0.3) is 16.1 Å². The summed E-state index contributed by atoms with van der Waals surface area (Å²) < 4.78 is 96.7. The van der Waals surface area contributed by atoms with Crippen molar-refractivity contribution < 1.29 is 59.7 Å². The molecule has 11 nitrogen and oxygen atoms in total. The van der Waals surface area contributed by atoms with Gasteiger partial charge in [0, 0.05) is 27.6 Å². The third-order valence-electron chi connectivity index (χ3n) is 7.27. The lowest BCUT2D eigenvalue weighted by Crippen LogP contribution is -2.30. The van der Waals surface area contributed by atoms with Gasteiger partial charge in [0.1, 0.15) is 28.4 Å². The number of carbonyl (C=O) groups is 3. The molecule has 18 heteroatoms. The molecule has 0 unspecified atom stereocenters. The normalized spacial score (nSPS) is 14.2. The van der Waals surface area contributed by atoms with Crippen molar-refractivity contribution in [3.8, 4) is 27.6 Å². The van der Waals surface area contributed by atoms with Crippen LogP contribution < -0.4 is 9.47 Å². The lowest BCUT2D eigenvalue weighted by molar-refractivity contribution is -0.274. The molecule has 2 aromatic heterocycles. The largest absolute Gasteiger partial charge is 0.573 e. The number of thiophene rings is 1. The molecule has 258 valence electrons. The SMILES string of the molecule is COC(=O)C[C@@H]1N=C(c2ccc(-c3ccc(OCC(=O)OC(=O)C(F)(F)F)cc3OC(F)(F)F)cc2)c2c(sc(C)c2C)-n2c(C)nnc21. The zero-order valence-corrected chi connectivity index (χ0v) is 26.7. The lowest BCUT2D eigenvalue weighted by Gasteiger charge is -2.16. The minimum absolute atomic E-state index is 0.0532. The van der Waals surface area contributed by atoms with E-state index in [0.717, 1.165) is 33.1 Å². The molecule has 5 rings (SSSR count). The van der Waals surface area contributed by atoms with E-state index in [2.05, 4.69) is 19.7 Å². The fourth-order valence-electron chi connectivity index (χ4n) is 4.95. The standard InChI is InChI=1S/C31H24F6N4O7S/c1-14-15(2)49-28-25(14)26(38-21(12-23(42)45-4)27-40-39-16(3)41(27)28)18-7-5-17(6-8-18)20-10-9-19(11-22(20)48-31(35,36)37)46-13-24(43)47-29(44)30(32,33)34/h5-11,21H,12-13H2,1-4H3/t21-/m0/s1. The molecule has 1 aliphatic rings. The smallest absolute Gasteiger partial charge is 0.482 e. The number of benzene rings is 2. The second-order valence-corrected chi connectivity index (χ2v) is 11.7. The van der Waals surface area contributed by atoms with Crippen LogP contribution >= 0.6 is 11.3 Å². The number of alkyl halides is 6. The number of aromatic nitrogens is 3. The molecule has 0 spiro atoms. The fraction of sp³-hybridized carbons (Fsp3) is 0.290. The van der Waals surface area contributed by atoms with E-state index in [9.17, 15) is 40.7 Å². The van der Waals surface area contributed by atoms with E-state index >= 15 is 0 Å². The van der Waals surface area contributed by atoms with Crippen molar-refractivity contribution in [1.29, 1.82) is 0 Å². The first-order valence-electron chi connectivity index (χ1n) is 14.1. The van der Waals surface area contributed by atoms with Crippen LogP contribution in [0.2, 0.25) is 0 Å². The van der Waals surface area contributed by atoms with Crippen LogP contribution in [0.4, 0.5) is 26.3 Å². The predicted octanol–water partition coefficient (Wildman–Crippen LogP) is 6.29. The summed E-state index contributed by atoms with van der Waals surface area (Å²) in [6, 6.07) is 8.66. The Bertz CT molecular complexity index is 1970. The molecule has 0 N–H and O–H groups in total. The molecule has 3 heterocycles. The van der Waals surface area contributed by atoms with Crippen molar-refractivity contribution in [2.24, 2.45) is 4.99 Å². The molecule has 1 atom stereocenters. The van der Waals surface area contributed by atoms with Gasteiger partial charge < -0.3 is 18.9 Å². The predicted molar refractivity (Wildman–Crippen MR) is 160 cm³/mol. The van der Waals surface area contributed by atoms with Gasteiger partial charge in [0.15, 0.2) is 12.4 Å². The molecular weight excluding hydrogens is 686 g/mol. The maximum atomic E-state index is 13.4. The van der Waals surface area contributed by atoms with Gasteiger partial charge in [-0.3, -0.25) is 14.4 Å². The summed E-state index contributed by atoms with van der Waals surface area (Å²) in [4.78, 5) is 40.7. The van der Waals surface area contributed by atoms with Crippen molar-refractivity contribution >= 4 is 35.0 Å². The summed E-state index contributed by atoms with van der Waals surface area (Å²) >= 11 is 1.49. The van der Waals surface area contributed by atoms with E-state index in [1.165, 1.54) is 36.6 Å². The van der Waals surface area contributed by atoms with Gasteiger partial charge in [-0.1, -0.05) is 24.3 Å². The minimum Gasteiger partial charge on any atom is -0.482 e. The van der Waals surface area contributed by atoms with Gasteiger partial charge in [0.25, 0.3) is 0 Å². The number of hydrogen-bond donors (Lipinski definition) is 0. The first-order chi connectivity index (χ1) is 23.0. The third kappa shape index (κ3) is 7.58. The van der Waals surface area contributed by atoms with Crippen LogP contribution in [0.1, 0.15) is 45.7 Å². The molecule has 0 aliphatic carbocycles. The lowest BCUT2D eigenvalue weighted by atomic mass is 9.96. The summed E-state index contributed by atoms with van der Waals surface area (Å²) in [5.41, 5.74) is 2.98. The van der Waals surface area contributed by atoms with Crippen LogP contribution in [0, 0.1) is 20.8 Å². The average Bonchev–Trinajstić information content (AvgIpc) is 3.50. The Morgan fingerprint density at radius 1 is 0.918 bits per heavy atom. The first kappa shape index (κ1) is 35.1. The van der Waals surface area contributed by atoms with Gasteiger partial charge in [0.05, 0.1) is 19.2 Å². The van der Waals surface area contributed by atoms with Crippen LogP contribution in [0.5, 0.6) is 11.5 Å². The summed E-state index contributed by atoms with van der Waals surface area (Å²) in [6.07, 6.45) is -10.7. The number of nitrogens with zero attached hydrogens (tertiary/aromatic N) is 4. The molecule has 2 aromatic carbocycles. The Hall–Kier alpha value is -5.26. The molecule has 0 amide bonds. The number of hydrogen-bond acceptors (Lipinski definition) is 11. The molecule has 1 aliphatic heterocycles. The summed E-state index contributed by atoms with van der Waals surface area (Å²) in [6.45, 7) is 4.43. The van der Waals surface area contributed by atoms with Gasteiger partial charge in [0.2, 0.25) is 0 Å². The highest BCUT2D eigenvalue weighted by Crippen LogP contribution is 2.41. The highest BCUT2D eigenvalue weighted by Gasteiger charge is 2.42. The van der Waals surface area contributed by atoms with E-state index in [-0.39, 0.29) is 17.5 Å². The maximum absolute atomic E-state index is 13.4. The van der Waals surface area contributed by atoms with Crippen LogP contribution in [0.15, 0.2) is 47.5 Å². The van der Waals surface area contributed by atoms with E-state index in [1.54, 1.807) is 19.1 Å². The van der Waals surface area contributed by atoms with Crippen molar-refractivity contribution in [3.63, 3.8) is 0 Å². The average molecular weight is 711 g/mol. The van der Waals surface area contributed by atoms with E-state index in [0.29, 0.717) is 22.9 Å². The second kappa shape index (κ2) is 13.3. The fourth-order valence-corrected chi connectivity index (χ4v) is 6.16. The molecule has 0 bridgehead atoms. The van der Waals surface area contributed by atoms with Gasteiger partial charge in [-0.15, -0.1) is 34.7 Å². The van der Waals surface area contributed by atoms with Crippen LogP contribution in [-0.4, -0.2) is 64.6 Å². The summed E-state index contributed by atoms with van der Waals surface area (Å²) in [7, 11) is 1.26. The number of methoxy groups -OCH3 is 1. The number of esters is 3. The summed E-state index contributed by atoms with van der Waals surface area (Å²) in [5, 5.41) is 9.29. The third-order valence-corrected chi connectivity index (χ3v) is 8.46. The number of fused-ring (bicyclic) bond motifs is 3. The number of aliphatic imine (C=N–C) groups is 1.